The van der Waals surface area contributed by atoms with Crippen molar-refractivity contribution in [3.8, 4) is 12.1 Å². The molecule has 0 saturated carbocycles. The van der Waals surface area contributed by atoms with Crippen LogP contribution >= 0.6 is 0 Å². The predicted octanol–water partition coefficient (Wildman–Crippen LogP) is 2.40. The monoisotopic (exact) mass is 336 g/mol. The van der Waals surface area contributed by atoms with Crippen molar-refractivity contribution >= 4 is 11.9 Å². The van der Waals surface area contributed by atoms with Crippen molar-refractivity contribution < 1.29 is 19.1 Å². The van der Waals surface area contributed by atoms with Crippen molar-refractivity contribution in [2.75, 3.05) is 13.2 Å². The van der Waals surface area contributed by atoms with Crippen molar-refractivity contribution in [1.29, 1.82) is 10.5 Å². The van der Waals surface area contributed by atoms with E-state index in [1.807, 2.05) is 12.1 Å². The molecule has 0 bridgehead atoms. The Balaban J connectivity index is 5.24. The van der Waals surface area contributed by atoms with Crippen LogP contribution in [0.1, 0.15) is 40.5 Å². The predicted molar refractivity (Wildman–Crippen MR) is 84.5 cm³/mol. The highest BCUT2D eigenvalue weighted by Gasteiger charge is 2.26. The summed E-state index contributed by atoms with van der Waals surface area (Å²) in [4.78, 5) is 23.9. The van der Waals surface area contributed by atoms with Crippen LogP contribution in [-0.2, 0) is 19.1 Å². The van der Waals surface area contributed by atoms with Gasteiger partial charge >= 0.3 is 11.9 Å². The fourth-order valence-corrected chi connectivity index (χ4v) is 1.79. The second-order valence-corrected chi connectivity index (χ2v) is 5.30. The minimum atomic E-state index is -0.964. The molecule has 4 unspecified atom stereocenters. The molecular weight excluding hydrogens is 312 g/mol. The number of carbonyl (C=O) groups is 2. The van der Waals surface area contributed by atoms with Crippen LogP contribution in [-0.4, -0.2) is 37.2 Å². The highest BCUT2D eigenvalue weighted by molar-refractivity contribution is 5.77. The Hall–Kier alpha value is -2.48. The van der Waals surface area contributed by atoms with Gasteiger partial charge in [0, 0.05) is 11.8 Å². The summed E-state index contributed by atoms with van der Waals surface area (Å²) in [5.74, 6) is -2.03. The third kappa shape index (κ3) is 8.23. The molecule has 0 spiro atoms. The summed E-state index contributed by atoms with van der Waals surface area (Å²) in [6.45, 7) is 6.99. The van der Waals surface area contributed by atoms with Crippen LogP contribution < -0.4 is 0 Å². The number of hydrogen-bond donors (Lipinski definition) is 0. The summed E-state index contributed by atoms with van der Waals surface area (Å²) in [6.07, 6.45) is 0.282. The molecule has 0 aliphatic heterocycles. The van der Waals surface area contributed by atoms with Crippen molar-refractivity contribution in [1.82, 2.24) is 0 Å². The van der Waals surface area contributed by atoms with E-state index in [1.54, 1.807) is 27.7 Å². The lowest BCUT2D eigenvalue weighted by Crippen LogP contribution is -2.26. The van der Waals surface area contributed by atoms with Gasteiger partial charge in [0.1, 0.15) is 0 Å². The number of carbonyl (C=O) groups excluding carboxylic acids is 2. The first-order chi connectivity index (χ1) is 11.4. The molecule has 8 heteroatoms. The smallest absolute Gasteiger partial charge is 0.332 e. The number of ether oxygens (including phenoxy) is 2. The maximum absolute atomic E-state index is 11.9. The first-order valence-electron chi connectivity index (χ1n) is 7.91. The quantitative estimate of drug-likeness (QED) is 0.445. The topological polar surface area (TPSA) is 125 Å². The Morgan fingerprint density at radius 3 is 1.46 bits per heavy atom. The number of azo groups is 1. The first-order valence-corrected chi connectivity index (χ1v) is 7.91. The van der Waals surface area contributed by atoms with Gasteiger partial charge in [0.2, 0.25) is 0 Å². The van der Waals surface area contributed by atoms with Crippen molar-refractivity contribution in [3.05, 3.63) is 0 Å². The van der Waals surface area contributed by atoms with E-state index in [4.69, 9.17) is 20.0 Å². The van der Waals surface area contributed by atoms with Crippen LogP contribution in [0.2, 0.25) is 0 Å². The number of rotatable bonds is 10. The van der Waals surface area contributed by atoms with Gasteiger partial charge in [-0.15, -0.1) is 0 Å². The molecule has 0 amide bonds. The van der Waals surface area contributed by atoms with Gasteiger partial charge in [-0.2, -0.15) is 20.8 Å². The average molecular weight is 336 g/mol. The van der Waals surface area contributed by atoms with Gasteiger partial charge < -0.3 is 9.47 Å². The lowest BCUT2D eigenvalue weighted by molar-refractivity contribution is -0.147. The van der Waals surface area contributed by atoms with E-state index in [1.165, 1.54) is 0 Å². The van der Waals surface area contributed by atoms with E-state index in [9.17, 15) is 9.59 Å². The maximum atomic E-state index is 11.9. The molecule has 0 heterocycles. The molecule has 0 radical (unpaired) electrons. The number of nitriles is 2. The lowest BCUT2D eigenvalue weighted by Gasteiger charge is -2.14. The van der Waals surface area contributed by atoms with E-state index < -0.39 is 35.9 Å². The molecular formula is C16H24N4O4. The maximum Gasteiger partial charge on any atom is 0.332 e. The van der Waals surface area contributed by atoms with Gasteiger partial charge in [-0.25, -0.2) is 9.59 Å². The Morgan fingerprint density at radius 2 is 1.21 bits per heavy atom. The number of esters is 2. The molecule has 0 fully saturated rings. The fraction of sp³-hybridized carbons (Fsp3) is 0.750. The van der Waals surface area contributed by atoms with Gasteiger partial charge in [0.05, 0.1) is 25.4 Å². The van der Waals surface area contributed by atoms with Gasteiger partial charge in [-0.3, -0.25) is 0 Å². The Labute approximate surface area is 142 Å². The summed E-state index contributed by atoms with van der Waals surface area (Å²) >= 11 is 0. The highest BCUT2D eigenvalue weighted by atomic mass is 16.5. The van der Waals surface area contributed by atoms with E-state index in [0.29, 0.717) is 0 Å². The molecule has 4 atom stereocenters. The summed E-state index contributed by atoms with van der Waals surface area (Å²) in [5.41, 5.74) is 0. The number of nitrogens with zero attached hydrogens (tertiary/aromatic N) is 4. The van der Waals surface area contributed by atoms with Crippen LogP contribution in [0.25, 0.3) is 0 Å². The average Bonchev–Trinajstić information content (AvgIpc) is 2.56. The number of hydrogen-bond acceptors (Lipinski definition) is 8. The third-order valence-corrected chi connectivity index (χ3v) is 3.06. The molecule has 0 aromatic rings. The van der Waals surface area contributed by atoms with Crippen molar-refractivity contribution in [2.24, 2.45) is 22.1 Å². The SMILES string of the molecule is CCOC(=O)C(CC(C)C#N)N=NC(CC(C)C#N)C(=O)OCC. The second kappa shape index (κ2) is 12.0. The standard InChI is InChI=1S/C16H24N4O4/c1-5-23-15(21)13(7-11(3)9-17)19-20-14(8-12(4)10-18)16(22)24-6-2/h11-14H,5-8H2,1-4H3. The van der Waals surface area contributed by atoms with Crippen LogP contribution in [0.15, 0.2) is 10.2 Å². The van der Waals surface area contributed by atoms with Crippen LogP contribution in [0.3, 0.4) is 0 Å². The van der Waals surface area contributed by atoms with Crippen molar-refractivity contribution in [3.63, 3.8) is 0 Å². The molecule has 0 rings (SSSR count). The summed E-state index contributed by atoms with van der Waals surface area (Å²) in [5, 5.41) is 25.6. The zero-order valence-electron chi connectivity index (χ0n) is 14.6. The Kier molecular flexibility index (Phi) is 10.8. The minimum Gasteiger partial charge on any atom is -0.464 e. The van der Waals surface area contributed by atoms with Gasteiger partial charge in [0.25, 0.3) is 0 Å². The normalized spacial score (nSPS) is 15.6. The Morgan fingerprint density at radius 1 is 0.875 bits per heavy atom. The molecule has 132 valence electrons. The van der Waals surface area contributed by atoms with Gasteiger partial charge in [0.15, 0.2) is 12.1 Å². The summed E-state index contributed by atoms with van der Waals surface area (Å²) in [6, 6.07) is 2.11. The zero-order valence-corrected chi connectivity index (χ0v) is 14.6. The minimum absolute atomic E-state index is 0.141. The molecule has 0 aliphatic carbocycles. The van der Waals surface area contributed by atoms with Gasteiger partial charge in [-0.05, 0) is 40.5 Å². The van der Waals surface area contributed by atoms with Crippen molar-refractivity contribution in [2.45, 2.75) is 52.6 Å². The van der Waals surface area contributed by atoms with Crippen LogP contribution in [0, 0.1) is 34.5 Å². The molecule has 0 N–H and O–H groups in total. The van der Waals surface area contributed by atoms with Gasteiger partial charge in [-0.1, -0.05) is 0 Å². The Bertz CT molecular complexity index is 475. The molecule has 8 nitrogen and oxygen atoms in total. The summed E-state index contributed by atoms with van der Waals surface area (Å²) < 4.78 is 9.84. The molecule has 24 heavy (non-hydrogen) atoms. The highest BCUT2D eigenvalue weighted by Crippen LogP contribution is 2.15. The first kappa shape index (κ1) is 21.5. The molecule has 0 aromatic heterocycles. The molecule has 0 aromatic carbocycles. The van der Waals surface area contributed by atoms with E-state index >= 15 is 0 Å². The van der Waals surface area contributed by atoms with E-state index in [0.717, 1.165) is 0 Å². The van der Waals surface area contributed by atoms with E-state index in [2.05, 4.69) is 10.2 Å². The third-order valence-electron chi connectivity index (χ3n) is 3.06. The molecule has 0 saturated heterocycles. The van der Waals surface area contributed by atoms with Crippen LogP contribution in [0.5, 0.6) is 0 Å². The summed E-state index contributed by atoms with van der Waals surface area (Å²) in [7, 11) is 0. The second-order valence-electron chi connectivity index (χ2n) is 5.30. The molecule has 0 aliphatic rings. The van der Waals surface area contributed by atoms with Crippen LogP contribution in [0.4, 0.5) is 0 Å². The van der Waals surface area contributed by atoms with E-state index in [-0.39, 0.29) is 26.1 Å². The lowest BCUT2D eigenvalue weighted by atomic mass is 10.0. The largest absolute Gasteiger partial charge is 0.464 e. The zero-order chi connectivity index (χ0) is 18.5. The fourth-order valence-electron chi connectivity index (χ4n) is 1.79.